The molecule has 0 saturated carbocycles. The van der Waals surface area contributed by atoms with Gasteiger partial charge in [0.1, 0.15) is 17.1 Å². The lowest BCUT2D eigenvalue weighted by Gasteiger charge is -2.23. The van der Waals surface area contributed by atoms with Gasteiger partial charge < -0.3 is 30.5 Å². The zero-order valence-corrected chi connectivity index (χ0v) is 21.8. The Morgan fingerprint density at radius 2 is 1.95 bits per heavy atom. The fourth-order valence-electron chi connectivity index (χ4n) is 4.25. The number of amides is 1. The fourth-order valence-corrected chi connectivity index (χ4v) is 4.25. The van der Waals surface area contributed by atoms with Crippen molar-refractivity contribution in [2.75, 3.05) is 55.1 Å². The molecule has 3 aromatic rings. The second-order valence-corrected chi connectivity index (χ2v) is 9.21. The van der Waals surface area contributed by atoms with Gasteiger partial charge in [0.2, 0.25) is 11.9 Å². The molecule has 39 heavy (non-hydrogen) atoms. The van der Waals surface area contributed by atoms with E-state index in [0.717, 1.165) is 31.3 Å². The van der Waals surface area contributed by atoms with E-state index in [1.165, 1.54) is 13.2 Å². The highest BCUT2D eigenvalue weighted by atomic mass is 19.4. The molecular weight excluding hydrogens is 511 g/mol. The van der Waals surface area contributed by atoms with E-state index in [1.807, 2.05) is 12.1 Å². The van der Waals surface area contributed by atoms with Crippen LogP contribution in [0.3, 0.4) is 0 Å². The molecule has 0 bridgehead atoms. The van der Waals surface area contributed by atoms with E-state index < -0.39 is 23.5 Å². The number of nitrogens with zero attached hydrogens (tertiary/aromatic N) is 4. The molecule has 1 atom stereocenters. The number of hydrogen-bond donors (Lipinski definition) is 3. The van der Waals surface area contributed by atoms with Crippen LogP contribution in [0.1, 0.15) is 12.0 Å². The Bertz CT molecular complexity index is 1350. The topological polar surface area (TPSA) is 94.6 Å². The normalized spacial score (nSPS) is 15.3. The van der Waals surface area contributed by atoms with Gasteiger partial charge in [0.05, 0.1) is 12.8 Å². The van der Waals surface area contributed by atoms with Gasteiger partial charge in [-0.05, 0) is 56.9 Å². The molecule has 2 aromatic carbocycles. The lowest BCUT2D eigenvalue weighted by Crippen LogP contribution is -2.31. The van der Waals surface area contributed by atoms with Gasteiger partial charge in [-0.15, -0.1) is 0 Å². The van der Waals surface area contributed by atoms with Gasteiger partial charge in [-0.25, -0.2) is 4.98 Å². The van der Waals surface area contributed by atoms with Crippen molar-refractivity contribution in [3.05, 3.63) is 66.9 Å². The van der Waals surface area contributed by atoms with Crippen molar-refractivity contribution >= 4 is 40.4 Å². The summed E-state index contributed by atoms with van der Waals surface area (Å²) in [7, 11) is 5.65. The molecule has 4 rings (SSSR count). The molecule has 0 unspecified atom stereocenters. The molecular formula is C27H30F3N7O2. The molecule has 3 N–H and O–H groups in total. The summed E-state index contributed by atoms with van der Waals surface area (Å²) >= 11 is 0. The molecule has 206 valence electrons. The molecule has 0 radical (unpaired) electrons. The van der Waals surface area contributed by atoms with E-state index >= 15 is 0 Å². The predicted octanol–water partition coefficient (Wildman–Crippen LogP) is 5.26. The third kappa shape index (κ3) is 6.77. The van der Waals surface area contributed by atoms with Gasteiger partial charge in [-0.1, -0.05) is 12.6 Å². The molecule has 1 aliphatic heterocycles. The number of rotatable bonds is 9. The summed E-state index contributed by atoms with van der Waals surface area (Å²) in [5, 5.41) is 8.23. The van der Waals surface area contributed by atoms with E-state index in [0.29, 0.717) is 29.4 Å². The minimum atomic E-state index is -4.70. The van der Waals surface area contributed by atoms with Gasteiger partial charge in [-0.2, -0.15) is 18.2 Å². The summed E-state index contributed by atoms with van der Waals surface area (Å²) in [5.41, 5.74) is 1.12. The van der Waals surface area contributed by atoms with Crippen LogP contribution in [0, 0.1) is 0 Å². The number of likely N-dealkylation sites (N-methyl/N-ethyl adjacent to an activating group) is 1. The molecule has 1 fully saturated rings. The SMILES string of the molecule is C=CC(=O)Nc1cccc(Nc2nc(Nc3ccc(N4CC[C@H](N(C)C)C4)cc3OC)ncc2C(F)(F)F)c1. The van der Waals surface area contributed by atoms with Gasteiger partial charge >= 0.3 is 6.18 Å². The Morgan fingerprint density at radius 3 is 2.62 bits per heavy atom. The van der Waals surface area contributed by atoms with Crippen LogP contribution < -0.4 is 25.6 Å². The van der Waals surface area contributed by atoms with Crippen LogP contribution in [0.4, 0.5) is 47.7 Å². The van der Waals surface area contributed by atoms with Crippen LogP contribution in [-0.2, 0) is 11.0 Å². The van der Waals surface area contributed by atoms with Crippen LogP contribution in [0.2, 0.25) is 0 Å². The minimum absolute atomic E-state index is 0.0542. The Morgan fingerprint density at radius 1 is 1.18 bits per heavy atom. The summed E-state index contributed by atoms with van der Waals surface area (Å²) in [6.07, 6.45) is -1.84. The van der Waals surface area contributed by atoms with E-state index in [-0.39, 0.29) is 11.6 Å². The summed E-state index contributed by atoms with van der Waals surface area (Å²) in [4.78, 5) is 24.1. The Labute approximate surface area is 224 Å². The number of alkyl halides is 3. The van der Waals surface area contributed by atoms with Gasteiger partial charge in [0, 0.05) is 48.5 Å². The van der Waals surface area contributed by atoms with Crippen LogP contribution in [-0.4, -0.2) is 61.1 Å². The second-order valence-electron chi connectivity index (χ2n) is 9.21. The maximum Gasteiger partial charge on any atom is 0.421 e. The molecule has 1 saturated heterocycles. The maximum atomic E-state index is 13.8. The standard InChI is InChI=1S/C27H30F3N7O2/c1-5-24(38)32-17-7-6-8-18(13-17)33-25-21(27(28,29)30)15-31-26(35-25)34-22-10-9-19(14-23(22)39-4)37-12-11-20(16-37)36(2)3/h5-10,13-15,20H,1,11-12,16H2,2-4H3,(H,32,38)(H2,31,33,34,35)/t20-/m0/s1. The monoisotopic (exact) mass is 541 g/mol. The quantitative estimate of drug-likeness (QED) is 0.316. The number of halogens is 3. The molecule has 0 aliphatic carbocycles. The van der Waals surface area contributed by atoms with E-state index in [1.54, 1.807) is 24.3 Å². The Hall–Kier alpha value is -4.32. The number of hydrogen-bond acceptors (Lipinski definition) is 8. The summed E-state index contributed by atoms with van der Waals surface area (Å²) in [6, 6.07) is 12.3. The molecule has 2 heterocycles. The molecule has 1 aromatic heterocycles. The summed E-state index contributed by atoms with van der Waals surface area (Å²) < 4.78 is 46.8. The van der Waals surface area contributed by atoms with Crippen LogP contribution in [0.5, 0.6) is 5.75 Å². The highest BCUT2D eigenvalue weighted by Gasteiger charge is 2.35. The van der Waals surface area contributed by atoms with Crippen molar-refractivity contribution in [2.24, 2.45) is 0 Å². The first-order valence-corrected chi connectivity index (χ1v) is 12.2. The van der Waals surface area contributed by atoms with E-state index in [4.69, 9.17) is 4.74 Å². The Kier molecular flexibility index (Phi) is 8.24. The van der Waals surface area contributed by atoms with Crippen molar-refractivity contribution in [1.82, 2.24) is 14.9 Å². The van der Waals surface area contributed by atoms with Crippen molar-refractivity contribution in [1.29, 1.82) is 0 Å². The number of aromatic nitrogens is 2. The predicted molar refractivity (Wildman–Crippen MR) is 146 cm³/mol. The van der Waals surface area contributed by atoms with E-state index in [2.05, 4.69) is 56.4 Å². The number of nitrogens with one attached hydrogen (secondary N) is 3. The van der Waals surface area contributed by atoms with Crippen LogP contribution in [0.25, 0.3) is 0 Å². The number of benzene rings is 2. The summed E-state index contributed by atoms with van der Waals surface area (Å²) in [6.45, 7) is 5.18. The number of carbonyl (C=O) groups excluding carboxylic acids is 1. The zero-order valence-electron chi connectivity index (χ0n) is 21.8. The van der Waals surface area contributed by atoms with Crippen LogP contribution >= 0.6 is 0 Å². The van der Waals surface area contributed by atoms with Crippen molar-refractivity contribution in [2.45, 2.75) is 18.6 Å². The number of ether oxygens (including phenoxy) is 1. The van der Waals surface area contributed by atoms with Gasteiger partial charge in [0.25, 0.3) is 0 Å². The lowest BCUT2D eigenvalue weighted by atomic mass is 10.2. The smallest absolute Gasteiger partial charge is 0.421 e. The average molecular weight is 542 g/mol. The number of methoxy groups -OCH3 is 1. The second kappa shape index (κ2) is 11.6. The maximum absolute atomic E-state index is 13.8. The zero-order chi connectivity index (χ0) is 28.2. The fraction of sp³-hybridized carbons (Fsp3) is 0.296. The van der Waals surface area contributed by atoms with Crippen LogP contribution in [0.15, 0.2) is 61.3 Å². The first-order valence-electron chi connectivity index (χ1n) is 12.2. The molecule has 9 nitrogen and oxygen atoms in total. The molecule has 1 aliphatic rings. The van der Waals surface area contributed by atoms with Gasteiger partial charge in [-0.3, -0.25) is 4.79 Å². The van der Waals surface area contributed by atoms with Gasteiger partial charge in [0.15, 0.2) is 0 Å². The number of carbonyl (C=O) groups is 1. The van der Waals surface area contributed by atoms with Crippen molar-refractivity contribution < 1.29 is 22.7 Å². The average Bonchev–Trinajstić information content (AvgIpc) is 3.39. The van der Waals surface area contributed by atoms with Crippen molar-refractivity contribution in [3.63, 3.8) is 0 Å². The number of anilines is 6. The minimum Gasteiger partial charge on any atom is -0.494 e. The first-order chi connectivity index (χ1) is 18.6. The third-order valence-corrected chi connectivity index (χ3v) is 6.36. The third-order valence-electron chi connectivity index (χ3n) is 6.36. The molecule has 12 heteroatoms. The van der Waals surface area contributed by atoms with E-state index in [9.17, 15) is 18.0 Å². The largest absolute Gasteiger partial charge is 0.494 e. The molecule has 1 amide bonds. The first kappa shape index (κ1) is 27.7. The lowest BCUT2D eigenvalue weighted by molar-refractivity contribution is -0.137. The molecule has 0 spiro atoms. The summed E-state index contributed by atoms with van der Waals surface area (Å²) in [5.74, 6) is -0.445. The highest BCUT2D eigenvalue weighted by molar-refractivity contribution is 5.99. The van der Waals surface area contributed by atoms with Crippen molar-refractivity contribution in [3.8, 4) is 5.75 Å². The highest BCUT2D eigenvalue weighted by Crippen LogP contribution is 2.37. The Balaban J connectivity index is 1.59.